The van der Waals surface area contributed by atoms with Gasteiger partial charge in [0.05, 0.1) is 19.5 Å². The first-order valence-electron chi connectivity index (χ1n) is 8.43. The number of halogens is 3. The molecule has 0 saturated heterocycles. The zero-order valence-electron chi connectivity index (χ0n) is 14.7. The Kier molecular flexibility index (Phi) is 6.19. The van der Waals surface area contributed by atoms with Crippen molar-refractivity contribution in [3.05, 3.63) is 47.0 Å². The second-order valence-corrected chi connectivity index (χ2v) is 6.22. The summed E-state index contributed by atoms with van der Waals surface area (Å²) in [7, 11) is 0. The average molecular weight is 411 g/mol. The molecule has 0 aliphatic heterocycles. The monoisotopic (exact) mass is 410 g/mol. The Labute approximate surface area is 163 Å². The molecule has 0 unspecified atom stereocenters. The molecular weight excluding hydrogens is 394 g/mol. The number of nitrogens with zero attached hydrogens (tertiary/aromatic N) is 4. The molecule has 0 saturated carbocycles. The molecule has 0 bridgehead atoms. The molecule has 2 heterocycles. The maximum atomic E-state index is 13.5. The molecule has 0 radical (unpaired) electrons. The number of benzene rings is 1. The minimum atomic E-state index is -0.747. The van der Waals surface area contributed by atoms with Gasteiger partial charge in [-0.3, -0.25) is 0 Å². The molecule has 1 aromatic carbocycles. The van der Waals surface area contributed by atoms with Crippen LogP contribution in [0.5, 0.6) is 0 Å². The van der Waals surface area contributed by atoms with E-state index in [1.165, 1.54) is 6.07 Å². The summed E-state index contributed by atoms with van der Waals surface area (Å²) in [6.45, 7) is 0.422. The minimum absolute atomic E-state index is 0.0399. The molecule has 3 N–H and O–H groups in total. The van der Waals surface area contributed by atoms with Crippen LogP contribution in [0.2, 0.25) is 5.28 Å². The molecule has 28 heavy (non-hydrogen) atoms. The zero-order chi connectivity index (χ0) is 20.1. The summed E-state index contributed by atoms with van der Waals surface area (Å²) >= 11 is 5.81. The van der Waals surface area contributed by atoms with Crippen molar-refractivity contribution in [3.8, 4) is 0 Å². The number of nitrogens with two attached hydrogens (primary N) is 1. The molecule has 0 spiro atoms. The van der Waals surface area contributed by atoms with Crippen molar-refractivity contribution in [2.24, 2.45) is 0 Å². The molecule has 0 atom stereocenters. The van der Waals surface area contributed by atoms with Crippen LogP contribution in [0, 0.1) is 11.6 Å². The number of aryl methyl sites for hydroxylation is 1. The van der Waals surface area contributed by atoms with Crippen molar-refractivity contribution in [2.75, 3.05) is 12.3 Å². The van der Waals surface area contributed by atoms with Gasteiger partial charge in [-0.1, -0.05) is 6.07 Å². The van der Waals surface area contributed by atoms with E-state index in [-0.39, 0.29) is 29.8 Å². The van der Waals surface area contributed by atoms with Gasteiger partial charge in [-0.15, -0.1) is 0 Å². The van der Waals surface area contributed by atoms with Crippen LogP contribution in [0.3, 0.4) is 0 Å². The lowest BCUT2D eigenvalue weighted by Gasteiger charge is -2.09. The summed E-state index contributed by atoms with van der Waals surface area (Å²) in [6, 6.07) is 3.50. The van der Waals surface area contributed by atoms with E-state index in [1.807, 2.05) is 0 Å². The minimum Gasteiger partial charge on any atom is -0.450 e. The number of ether oxygens (including phenoxy) is 1. The van der Waals surface area contributed by atoms with E-state index in [0.29, 0.717) is 30.6 Å². The second-order valence-electron chi connectivity index (χ2n) is 5.88. The number of alkyl carbamates (subject to hydrolysis) is 1. The number of carbonyl (C=O) groups excluding carboxylic acids is 1. The zero-order valence-corrected chi connectivity index (χ0v) is 15.4. The van der Waals surface area contributed by atoms with Crippen LogP contribution >= 0.6 is 11.6 Å². The summed E-state index contributed by atoms with van der Waals surface area (Å²) in [4.78, 5) is 23.7. The fourth-order valence-electron chi connectivity index (χ4n) is 2.56. The summed E-state index contributed by atoms with van der Waals surface area (Å²) in [5, 5.41) is 2.36. The van der Waals surface area contributed by atoms with E-state index >= 15 is 0 Å². The lowest BCUT2D eigenvalue weighted by molar-refractivity contribution is 0.143. The van der Waals surface area contributed by atoms with Gasteiger partial charge in [0.25, 0.3) is 0 Å². The highest BCUT2D eigenvalue weighted by Crippen LogP contribution is 2.18. The first kappa shape index (κ1) is 19.7. The maximum absolute atomic E-state index is 13.5. The third-order valence-electron chi connectivity index (χ3n) is 3.96. The maximum Gasteiger partial charge on any atom is 0.407 e. The number of fused-ring (bicyclic) bond motifs is 1. The summed E-state index contributed by atoms with van der Waals surface area (Å²) in [6.07, 6.45) is 2.07. The van der Waals surface area contributed by atoms with Gasteiger partial charge in [0.15, 0.2) is 11.5 Å². The number of carbonyl (C=O) groups is 1. The topological polar surface area (TPSA) is 108 Å². The predicted molar refractivity (Wildman–Crippen MR) is 98.5 cm³/mol. The van der Waals surface area contributed by atoms with Gasteiger partial charge in [-0.25, -0.2) is 18.6 Å². The first-order chi connectivity index (χ1) is 13.5. The molecule has 3 aromatic rings. The van der Waals surface area contributed by atoms with E-state index in [1.54, 1.807) is 10.9 Å². The van der Waals surface area contributed by atoms with Gasteiger partial charge in [0.2, 0.25) is 5.28 Å². The predicted octanol–water partition coefficient (Wildman–Crippen LogP) is 3.05. The highest BCUT2D eigenvalue weighted by Gasteiger charge is 2.11. The Balaban J connectivity index is 1.41. The fourth-order valence-corrected chi connectivity index (χ4v) is 2.74. The van der Waals surface area contributed by atoms with Crippen LogP contribution in [0.25, 0.3) is 11.2 Å². The molecule has 3 rings (SSSR count). The number of imidazole rings is 1. The summed E-state index contributed by atoms with van der Waals surface area (Å²) in [5.74, 6) is -1.24. The number of hydrogen-bond acceptors (Lipinski definition) is 6. The highest BCUT2D eigenvalue weighted by atomic mass is 35.5. The molecular formula is C17H17ClF2N6O2. The molecule has 0 fully saturated rings. The molecule has 2 aromatic heterocycles. The standard InChI is InChI=1S/C17H17ClF2N6O2/c18-16-24-14(21)13-15(25-16)26(9-23-13)6-1-2-7-28-17(27)22-8-10-11(19)4-3-5-12(10)20/h3-5,9H,1-2,6-8H2,(H,22,27)(H2,21,24,25). The largest absolute Gasteiger partial charge is 0.450 e. The van der Waals surface area contributed by atoms with Gasteiger partial charge in [0, 0.05) is 12.1 Å². The van der Waals surface area contributed by atoms with E-state index in [4.69, 9.17) is 22.1 Å². The number of nitrogen functional groups attached to an aromatic ring is 1. The van der Waals surface area contributed by atoms with Gasteiger partial charge < -0.3 is 20.4 Å². The molecule has 11 heteroatoms. The summed E-state index contributed by atoms with van der Waals surface area (Å²) < 4.78 is 33.7. The number of aromatic nitrogens is 4. The Morgan fingerprint density at radius 3 is 2.75 bits per heavy atom. The molecule has 8 nitrogen and oxygen atoms in total. The third-order valence-corrected chi connectivity index (χ3v) is 4.13. The molecule has 0 aliphatic carbocycles. The number of rotatable bonds is 7. The van der Waals surface area contributed by atoms with Crippen molar-refractivity contribution >= 4 is 34.7 Å². The lowest BCUT2D eigenvalue weighted by atomic mass is 10.2. The number of anilines is 1. The first-order valence-corrected chi connectivity index (χ1v) is 8.81. The van der Waals surface area contributed by atoms with E-state index < -0.39 is 17.7 Å². The van der Waals surface area contributed by atoms with Crippen LogP contribution in [0.15, 0.2) is 24.5 Å². The number of unbranched alkanes of at least 4 members (excludes halogenated alkanes) is 1. The molecule has 1 amide bonds. The van der Waals surface area contributed by atoms with Crippen LogP contribution in [0.4, 0.5) is 19.4 Å². The fraction of sp³-hybridized carbons (Fsp3) is 0.294. The molecule has 148 valence electrons. The van der Waals surface area contributed by atoms with Crippen LogP contribution in [-0.2, 0) is 17.8 Å². The Morgan fingerprint density at radius 2 is 2.00 bits per heavy atom. The quantitative estimate of drug-likeness (QED) is 0.458. The number of amides is 1. The van der Waals surface area contributed by atoms with Crippen LogP contribution in [0.1, 0.15) is 18.4 Å². The second kappa shape index (κ2) is 8.79. The smallest absolute Gasteiger partial charge is 0.407 e. The third kappa shape index (κ3) is 4.63. The Morgan fingerprint density at radius 1 is 1.25 bits per heavy atom. The van der Waals surface area contributed by atoms with Crippen LogP contribution in [-0.4, -0.2) is 32.2 Å². The molecule has 0 aliphatic rings. The highest BCUT2D eigenvalue weighted by molar-refractivity contribution is 6.28. The van der Waals surface area contributed by atoms with Crippen LogP contribution < -0.4 is 11.1 Å². The SMILES string of the molecule is Nc1nc(Cl)nc2c1ncn2CCCCOC(=O)NCc1c(F)cccc1F. The van der Waals surface area contributed by atoms with E-state index in [0.717, 1.165) is 12.1 Å². The number of nitrogens with one attached hydrogen (secondary N) is 1. The van der Waals surface area contributed by atoms with Crippen molar-refractivity contribution in [1.29, 1.82) is 0 Å². The number of hydrogen-bond donors (Lipinski definition) is 2. The van der Waals surface area contributed by atoms with Gasteiger partial charge >= 0.3 is 6.09 Å². The Hall–Kier alpha value is -3.01. The van der Waals surface area contributed by atoms with Gasteiger partial charge in [-0.05, 0) is 36.6 Å². The van der Waals surface area contributed by atoms with Crippen molar-refractivity contribution in [1.82, 2.24) is 24.8 Å². The van der Waals surface area contributed by atoms with Crippen molar-refractivity contribution in [3.63, 3.8) is 0 Å². The normalized spacial score (nSPS) is 11.0. The van der Waals surface area contributed by atoms with Gasteiger partial charge in [0.1, 0.15) is 17.2 Å². The lowest BCUT2D eigenvalue weighted by Crippen LogP contribution is -2.25. The van der Waals surface area contributed by atoms with E-state index in [9.17, 15) is 13.6 Å². The van der Waals surface area contributed by atoms with Gasteiger partial charge in [-0.2, -0.15) is 9.97 Å². The van der Waals surface area contributed by atoms with E-state index in [2.05, 4.69) is 20.3 Å². The Bertz CT molecular complexity index is 977. The summed E-state index contributed by atoms with van der Waals surface area (Å²) in [5.41, 5.74) is 6.53. The average Bonchev–Trinajstić information content (AvgIpc) is 3.04. The van der Waals surface area contributed by atoms with Crippen molar-refractivity contribution in [2.45, 2.75) is 25.9 Å². The van der Waals surface area contributed by atoms with Crippen molar-refractivity contribution < 1.29 is 18.3 Å².